The second-order valence-corrected chi connectivity index (χ2v) is 4.34. The van der Waals surface area contributed by atoms with E-state index in [1.807, 2.05) is 0 Å². The minimum Gasteiger partial charge on any atom is -0.356 e. The first kappa shape index (κ1) is 12.4. The topological polar surface area (TPSA) is 6.48 Å². The quantitative estimate of drug-likeness (QED) is 0.635. The van der Waals surface area contributed by atoms with E-state index in [0.717, 1.165) is 6.54 Å². The molecule has 0 fully saturated rings. The van der Waals surface area contributed by atoms with Gasteiger partial charge in [0.25, 0.3) is 0 Å². The molecule has 0 bridgehead atoms. The summed E-state index contributed by atoms with van der Waals surface area (Å²) in [5.74, 6) is 0. The molecular weight excluding hydrogens is 184 g/mol. The molecule has 1 atom stereocenters. The van der Waals surface area contributed by atoms with E-state index in [2.05, 4.69) is 43.0 Å². The Morgan fingerprint density at radius 3 is 2.20 bits per heavy atom. The van der Waals surface area contributed by atoms with Crippen molar-refractivity contribution in [3.05, 3.63) is 12.4 Å². The van der Waals surface area contributed by atoms with E-state index >= 15 is 0 Å². The van der Waals surface area contributed by atoms with Gasteiger partial charge in [-0.05, 0) is 26.2 Å². The van der Waals surface area contributed by atoms with Crippen molar-refractivity contribution in [1.82, 2.24) is 9.80 Å². The van der Waals surface area contributed by atoms with Gasteiger partial charge >= 0.3 is 0 Å². The molecule has 2 nitrogen and oxygen atoms in total. The first-order chi connectivity index (χ1) is 7.33. The first-order valence-corrected chi connectivity index (χ1v) is 6.53. The van der Waals surface area contributed by atoms with Gasteiger partial charge in [0.05, 0.1) is 0 Å². The van der Waals surface area contributed by atoms with Crippen molar-refractivity contribution >= 4 is 0 Å². The van der Waals surface area contributed by atoms with E-state index in [1.165, 1.54) is 38.6 Å². The van der Waals surface area contributed by atoms with Crippen LogP contribution >= 0.6 is 0 Å². The Kier molecular flexibility index (Phi) is 5.59. The van der Waals surface area contributed by atoms with Crippen molar-refractivity contribution in [2.75, 3.05) is 13.1 Å². The van der Waals surface area contributed by atoms with Crippen molar-refractivity contribution in [1.29, 1.82) is 0 Å². The van der Waals surface area contributed by atoms with Crippen LogP contribution in [0.5, 0.6) is 0 Å². The van der Waals surface area contributed by atoms with Gasteiger partial charge in [-0.15, -0.1) is 0 Å². The third-order valence-corrected chi connectivity index (χ3v) is 3.17. The minimum atomic E-state index is 0.640. The summed E-state index contributed by atoms with van der Waals surface area (Å²) >= 11 is 0. The molecule has 0 N–H and O–H groups in total. The van der Waals surface area contributed by atoms with Crippen LogP contribution in [-0.4, -0.2) is 29.1 Å². The van der Waals surface area contributed by atoms with Crippen LogP contribution in [0.3, 0.4) is 0 Å². The molecule has 0 aromatic carbocycles. The zero-order valence-corrected chi connectivity index (χ0v) is 10.6. The maximum absolute atomic E-state index is 2.52. The minimum absolute atomic E-state index is 0.640. The van der Waals surface area contributed by atoms with E-state index in [9.17, 15) is 0 Å². The van der Waals surface area contributed by atoms with E-state index in [0.29, 0.717) is 6.17 Å². The Labute approximate surface area is 94.9 Å². The zero-order valence-electron chi connectivity index (χ0n) is 10.6. The monoisotopic (exact) mass is 210 g/mol. The summed E-state index contributed by atoms with van der Waals surface area (Å²) in [6.45, 7) is 9.13. The van der Waals surface area contributed by atoms with Crippen LogP contribution in [0.15, 0.2) is 12.4 Å². The Morgan fingerprint density at radius 2 is 1.60 bits per heavy atom. The standard InChI is InChI=1S/C13H26N2/c1-4-7-9-13-14(6-3)11-12-15(13)10-8-5-2/h11-13H,4-10H2,1-3H3. The van der Waals surface area contributed by atoms with Crippen molar-refractivity contribution in [2.24, 2.45) is 0 Å². The molecule has 15 heavy (non-hydrogen) atoms. The summed E-state index contributed by atoms with van der Waals surface area (Å²) in [6, 6.07) is 0. The van der Waals surface area contributed by atoms with Crippen LogP contribution in [0.1, 0.15) is 52.9 Å². The molecule has 0 aromatic rings. The fourth-order valence-electron chi connectivity index (χ4n) is 2.16. The van der Waals surface area contributed by atoms with E-state index in [1.54, 1.807) is 0 Å². The van der Waals surface area contributed by atoms with Crippen LogP contribution < -0.4 is 0 Å². The lowest BCUT2D eigenvalue weighted by Crippen LogP contribution is -2.38. The maximum atomic E-state index is 2.52. The predicted molar refractivity (Wildman–Crippen MR) is 66.4 cm³/mol. The summed E-state index contributed by atoms with van der Waals surface area (Å²) in [6.07, 6.45) is 11.7. The van der Waals surface area contributed by atoms with Crippen molar-refractivity contribution in [3.8, 4) is 0 Å². The van der Waals surface area contributed by atoms with Crippen molar-refractivity contribution in [2.45, 2.75) is 59.0 Å². The second kappa shape index (κ2) is 6.76. The van der Waals surface area contributed by atoms with Crippen molar-refractivity contribution in [3.63, 3.8) is 0 Å². The maximum Gasteiger partial charge on any atom is 0.101 e. The average molecular weight is 210 g/mol. The van der Waals surface area contributed by atoms with Gasteiger partial charge in [-0.2, -0.15) is 0 Å². The summed E-state index contributed by atoms with van der Waals surface area (Å²) in [4.78, 5) is 4.98. The molecule has 0 radical (unpaired) electrons. The summed E-state index contributed by atoms with van der Waals surface area (Å²) in [7, 11) is 0. The Hall–Kier alpha value is -0.660. The molecule has 1 rings (SSSR count). The number of unbranched alkanes of at least 4 members (excludes halogenated alkanes) is 2. The van der Waals surface area contributed by atoms with Gasteiger partial charge in [0, 0.05) is 25.5 Å². The molecule has 0 amide bonds. The fourth-order valence-corrected chi connectivity index (χ4v) is 2.16. The smallest absolute Gasteiger partial charge is 0.101 e. The van der Waals surface area contributed by atoms with Gasteiger partial charge in [-0.25, -0.2) is 0 Å². The molecule has 1 unspecified atom stereocenters. The molecule has 0 saturated carbocycles. The molecule has 0 aliphatic carbocycles. The number of rotatable bonds is 7. The SMILES string of the molecule is CCCCC1N(CC)C=CN1CCCC. The van der Waals surface area contributed by atoms with Crippen molar-refractivity contribution < 1.29 is 0 Å². The number of nitrogens with zero attached hydrogens (tertiary/aromatic N) is 2. The summed E-state index contributed by atoms with van der Waals surface area (Å²) < 4.78 is 0. The molecule has 1 aliphatic rings. The summed E-state index contributed by atoms with van der Waals surface area (Å²) in [5, 5.41) is 0. The van der Waals surface area contributed by atoms with Gasteiger partial charge in [0.15, 0.2) is 0 Å². The van der Waals surface area contributed by atoms with Gasteiger partial charge in [0.2, 0.25) is 0 Å². The first-order valence-electron chi connectivity index (χ1n) is 6.53. The lowest BCUT2D eigenvalue weighted by atomic mass is 10.2. The fraction of sp³-hybridized carbons (Fsp3) is 0.846. The molecule has 1 aliphatic heterocycles. The van der Waals surface area contributed by atoms with Gasteiger partial charge in [-0.1, -0.05) is 26.7 Å². The number of hydrogen-bond donors (Lipinski definition) is 0. The largest absolute Gasteiger partial charge is 0.356 e. The zero-order chi connectivity index (χ0) is 11.1. The van der Waals surface area contributed by atoms with Crippen LogP contribution in [0.4, 0.5) is 0 Å². The third kappa shape index (κ3) is 3.44. The normalized spacial score (nSPS) is 20.3. The lowest BCUT2D eigenvalue weighted by Gasteiger charge is -2.32. The third-order valence-electron chi connectivity index (χ3n) is 3.17. The second-order valence-electron chi connectivity index (χ2n) is 4.34. The Bertz CT molecular complexity index is 189. The average Bonchev–Trinajstić information content (AvgIpc) is 2.65. The summed E-state index contributed by atoms with van der Waals surface area (Å²) in [5.41, 5.74) is 0. The molecule has 1 heterocycles. The number of hydrogen-bond acceptors (Lipinski definition) is 2. The van der Waals surface area contributed by atoms with Crippen LogP contribution in [0.2, 0.25) is 0 Å². The molecule has 0 aromatic heterocycles. The lowest BCUT2D eigenvalue weighted by molar-refractivity contribution is 0.143. The van der Waals surface area contributed by atoms with Gasteiger partial charge in [-0.3, -0.25) is 0 Å². The molecule has 88 valence electrons. The highest BCUT2D eigenvalue weighted by Crippen LogP contribution is 2.20. The molecule has 2 heteroatoms. The van der Waals surface area contributed by atoms with Gasteiger partial charge in [0.1, 0.15) is 6.17 Å². The Balaban J connectivity index is 2.43. The van der Waals surface area contributed by atoms with E-state index < -0.39 is 0 Å². The van der Waals surface area contributed by atoms with E-state index in [4.69, 9.17) is 0 Å². The highest BCUT2D eigenvalue weighted by molar-refractivity contribution is 4.96. The van der Waals surface area contributed by atoms with Crippen LogP contribution in [-0.2, 0) is 0 Å². The van der Waals surface area contributed by atoms with Crippen LogP contribution in [0.25, 0.3) is 0 Å². The van der Waals surface area contributed by atoms with Gasteiger partial charge < -0.3 is 9.80 Å². The van der Waals surface area contributed by atoms with Crippen LogP contribution in [0, 0.1) is 0 Å². The van der Waals surface area contributed by atoms with E-state index in [-0.39, 0.29) is 0 Å². The Morgan fingerprint density at radius 1 is 0.933 bits per heavy atom. The molecule has 0 spiro atoms. The highest BCUT2D eigenvalue weighted by atomic mass is 15.4. The predicted octanol–water partition coefficient (Wildman–Crippen LogP) is 3.41. The highest BCUT2D eigenvalue weighted by Gasteiger charge is 2.23. The molecular formula is C13H26N2. The molecule has 0 saturated heterocycles.